The van der Waals surface area contributed by atoms with E-state index in [1.54, 1.807) is 0 Å². The molecule has 1 atom stereocenters. The standard InChI is InChI=1S/C13H23N3/c1-3-6-13-15-11(9-14)12-8-5-7-10(4-2)16(12)13/h10H,3-9,14H2,1-2H3. The van der Waals surface area contributed by atoms with E-state index in [4.69, 9.17) is 10.7 Å². The van der Waals surface area contributed by atoms with E-state index < -0.39 is 0 Å². The Bertz CT molecular complexity index is 354. The average molecular weight is 221 g/mol. The minimum Gasteiger partial charge on any atom is -0.329 e. The molecule has 0 saturated heterocycles. The van der Waals surface area contributed by atoms with Gasteiger partial charge < -0.3 is 10.3 Å². The summed E-state index contributed by atoms with van der Waals surface area (Å²) in [6.45, 7) is 5.08. The highest BCUT2D eigenvalue weighted by atomic mass is 15.1. The molecule has 2 heterocycles. The SMILES string of the molecule is CCCc1nc(CN)c2n1C(CC)CCC2. The van der Waals surface area contributed by atoms with E-state index >= 15 is 0 Å². The maximum Gasteiger partial charge on any atom is 0.109 e. The van der Waals surface area contributed by atoms with Crippen molar-refractivity contribution in [1.82, 2.24) is 9.55 Å². The summed E-state index contributed by atoms with van der Waals surface area (Å²) in [5.74, 6) is 1.27. The molecule has 1 aliphatic heterocycles. The molecule has 0 spiro atoms. The van der Waals surface area contributed by atoms with Crippen molar-refractivity contribution in [3.05, 3.63) is 17.2 Å². The summed E-state index contributed by atoms with van der Waals surface area (Å²) >= 11 is 0. The van der Waals surface area contributed by atoms with Crippen LogP contribution in [0.3, 0.4) is 0 Å². The van der Waals surface area contributed by atoms with Crippen LogP contribution in [0.1, 0.15) is 62.8 Å². The van der Waals surface area contributed by atoms with Gasteiger partial charge in [0.05, 0.1) is 5.69 Å². The van der Waals surface area contributed by atoms with Crippen LogP contribution in [0, 0.1) is 0 Å². The van der Waals surface area contributed by atoms with E-state index in [9.17, 15) is 0 Å². The first-order valence-electron chi connectivity index (χ1n) is 6.60. The van der Waals surface area contributed by atoms with E-state index in [0.717, 1.165) is 18.5 Å². The number of aromatic nitrogens is 2. The van der Waals surface area contributed by atoms with Gasteiger partial charge in [-0.2, -0.15) is 0 Å². The molecular formula is C13H23N3. The Morgan fingerprint density at radius 1 is 1.44 bits per heavy atom. The fourth-order valence-corrected chi connectivity index (χ4v) is 2.85. The van der Waals surface area contributed by atoms with Crippen molar-refractivity contribution in [3.8, 4) is 0 Å². The second-order valence-corrected chi connectivity index (χ2v) is 4.70. The summed E-state index contributed by atoms with van der Waals surface area (Å²) in [5, 5.41) is 0. The van der Waals surface area contributed by atoms with Crippen molar-refractivity contribution < 1.29 is 0 Å². The Balaban J connectivity index is 2.42. The van der Waals surface area contributed by atoms with Gasteiger partial charge in [-0.05, 0) is 32.1 Å². The maximum absolute atomic E-state index is 5.79. The Hall–Kier alpha value is -0.830. The van der Waals surface area contributed by atoms with Crippen molar-refractivity contribution in [2.24, 2.45) is 5.73 Å². The number of rotatable bonds is 4. The summed E-state index contributed by atoms with van der Waals surface area (Å²) in [7, 11) is 0. The molecule has 1 aromatic heterocycles. The number of nitrogens with two attached hydrogens (primary N) is 1. The Labute approximate surface area is 98.1 Å². The second kappa shape index (κ2) is 5.00. The highest BCUT2D eigenvalue weighted by molar-refractivity contribution is 5.20. The lowest BCUT2D eigenvalue weighted by atomic mass is 9.99. The molecule has 0 fully saturated rings. The summed E-state index contributed by atoms with van der Waals surface area (Å²) in [5.41, 5.74) is 8.36. The zero-order valence-corrected chi connectivity index (χ0v) is 10.5. The Morgan fingerprint density at radius 2 is 2.25 bits per heavy atom. The van der Waals surface area contributed by atoms with Crippen LogP contribution >= 0.6 is 0 Å². The molecule has 16 heavy (non-hydrogen) atoms. The summed E-state index contributed by atoms with van der Waals surface area (Å²) in [6, 6.07) is 0.665. The minimum atomic E-state index is 0.593. The predicted octanol–water partition coefficient (Wildman–Crippen LogP) is 2.58. The lowest BCUT2D eigenvalue weighted by molar-refractivity contribution is 0.378. The van der Waals surface area contributed by atoms with E-state index in [0.29, 0.717) is 12.6 Å². The van der Waals surface area contributed by atoms with E-state index in [-0.39, 0.29) is 0 Å². The van der Waals surface area contributed by atoms with Gasteiger partial charge in [-0.25, -0.2) is 4.98 Å². The number of aryl methyl sites for hydroxylation is 1. The number of hydrogen-bond donors (Lipinski definition) is 1. The molecule has 1 aliphatic rings. The van der Waals surface area contributed by atoms with Crippen LogP contribution < -0.4 is 5.73 Å². The molecule has 3 nitrogen and oxygen atoms in total. The molecule has 1 unspecified atom stereocenters. The van der Waals surface area contributed by atoms with Gasteiger partial charge in [0.25, 0.3) is 0 Å². The molecule has 1 aromatic rings. The van der Waals surface area contributed by atoms with Crippen LogP contribution in [-0.2, 0) is 19.4 Å². The van der Waals surface area contributed by atoms with Gasteiger partial charge in [-0.3, -0.25) is 0 Å². The van der Waals surface area contributed by atoms with Crippen LogP contribution in [0.2, 0.25) is 0 Å². The highest BCUT2D eigenvalue weighted by Crippen LogP contribution is 2.31. The van der Waals surface area contributed by atoms with E-state index in [1.807, 2.05) is 0 Å². The van der Waals surface area contributed by atoms with E-state index in [1.165, 1.54) is 37.2 Å². The molecule has 3 heteroatoms. The first kappa shape index (κ1) is 11.6. The molecule has 90 valence electrons. The third-order valence-corrected chi connectivity index (χ3v) is 3.62. The molecule has 0 bridgehead atoms. The Kier molecular flexibility index (Phi) is 3.64. The van der Waals surface area contributed by atoms with Gasteiger partial charge in [0.15, 0.2) is 0 Å². The van der Waals surface area contributed by atoms with Gasteiger partial charge in [-0.1, -0.05) is 13.8 Å². The van der Waals surface area contributed by atoms with Crippen molar-refractivity contribution in [3.63, 3.8) is 0 Å². The zero-order chi connectivity index (χ0) is 11.5. The zero-order valence-electron chi connectivity index (χ0n) is 10.5. The highest BCUT2D eigenvalue weighted by Gasteiger charge is 2.24. The molecule has 2 N–H and O–H groups in total. The lowest BCUT2D eigenvalue weighted by Gasteiger charge is -2.26. The van der Waals surface area contributed by atoms with Gasteiger partial charge in [0.1, 0.15) is 5.82 Å². The summed E-state index contributed by atoms with van der Waals surface area (Å²) in [6.07, 6.45) is 7.23. The fourth-order valence-electron chi connectivity index (χ4n) is 2.85. The van der Waals surface area contributed by atoms with Crippen LogP contribution in [0.4, 0.5) is 0 Å². The number of nitrogens with zero attached hydrogens (tertiary/aromatic N) is 2. The summed E-state index contributed by atoms with van der Waals surface area (Å²) < 4.78 is 2.50. The number of hydrogen-bond acceptors (Lipinski definition) is 2. The van der Waals surface area contributed by atoms with Crippen LogP contribution in [-0.4, -0.2) is 9.55 Å². The lowest BCUT2D eigenvalue weighted by Crippen LogP contribution is -2.20. The minimum absolute atomic E-state index is 0.593. The number of fused-ring (bicyclic) bond motifs is 1. The van der Waals surface area contributed by atoms with Crippen LogP contribution in [0.5, 0.6) is 0 Å². The molecular weight excluding hydrogens is 198 g/mol. The smallest absolute Gasteiger partial charge is 0.109 e. The molecule has 0 radical (unpaired) electrons. The van der Waals surface area contributed by atoms with Crippen molar-refractivity contribution in [2.45, 2.75) is 65.0 Å². The van der Waals surface area contributed by atoms with Gasteiger partial charge in [0, 0.05) is 24.7 Å². The monoisotopic (exact) mass is 221 g/mol. The van der Waals surface area contributed by atoms with Crippen LogP contribution in [0.15, 0.2) is 0 Å². The maximum atomic E-state index is 5.79. The topological polar surface area (TPSA) is 43.8 Å². The normalized spacial score (nSPS) is 19.8. The van der Waals surface area contributed by atoms with Gasteiger partial charge >= 0.3 is 0 Å². The number of imidazole rings is 1. The summed E-state index contributed by atoms with van der Waals surface area (Å²) in [4.78, 5) is 4.74. The predicted molar refractivity (Wildman–Crippen MR) is 66.4 cm³/mol. The van der Waals surface area contributed by atoms with Crippen molar-refractivity contribution >= 4 is 0 Å². The molecule has 2 rings (SSSR count). The third kappa shape index (κ3) is 1.88. The van der Waals surface area contributed by atoms with Crippen molar-refractivity contribution in [1.29, 1.82) is 0 Å². The van der Waals surface area contributed by atoms with E-state index in [2.05, 4.69) is 18.4 Å². The van der Waals surface area contributed by atoms with Crippen LogP contribution in [0.25, 0.3) is 0 Å². The Morgan fingerprint density at radius 3 is 2.88 bits per heavy atom. The third-order valence-electron chi connectivity index (χ3n) is 3.62. The molecule has 0 amide bonds. The largest absolute Gasteiger partial charge is 0.329 e. The van der Waals surface area contributed by atoms with Gasteiger partial charge in [-0.15, -0.1) is 0 Å². The average Bonchev–Trinajstić information content (AvgIpc) is 2.68. The molecule has 0 aliphatic carbocycles. The first-order chi connectivity index (χ1) is 7.81. The first-order valence-corrected chi connectivity index (χ1v) is 6.60. The quantitative estimate of drug-likeness (QED) is 0.849. The van der Waals surface area contributed by atoms with Crippen molar-refractivity contribution in [2.75, 3.05) is 0 Å². The fraction of sp³-hybridized carbons (Fsp3) is 0.769. The molecule has 0 aromatic carbocycles. The molecule has 0 saturated carbocycles. The second-order valence-electron chi connectivity index (χ2n) is 4.70. The van der Waals surface area contributed by atoms with Gasteiger partial charge in [0.2, 0.25) is 0 Å².